The van der Waals surface area contributed by atoms with Crippen LogP contribution in [0.4, 0.5) is 13.2 Å². The van der Waals surface area contributed by atoms with E-state index < -0.39 is 18.1 Å². The predicted molar refractivity (Wildman–Crippen MR) is 38.2 cm³/mol. The maximum Gasteiger partial charge on any atom is 0.390 e. The molecule has 0 bridgehead atoms. The van der Waals surface area contributed by atoms with E-state index in [0.29, 0.717) is 12.8 Å². The van der Waals surface area contributed by atoms with Gasteiger partial charge in [-0.15, -0.1) is 0 Å². The van der Waals surface area contributed by atoms with Crippen molar-refractivity contribution in [3.63, 3.8) is 0 Å². The lowest BCUT2D eigenvalue weighted by Gasteiger charge is -2.24. The lowest BCUT2D eigenvalue weighted by Crippen LogP contribution is -2.40. The molecule has 0 saturated heterocycles. The van der Waals surface area contributed by atoms with E-state index in [1.807, 2.05) is 6.92 Å². The molecule has 0 heterocycles. The molecule has 0 aliphatic heterocycles. The second kappa shape index (κ2) is 3.43. The maximum absolute atomic E-state index is 11.8. The second-order valence-electron chi connectivity index (χ2n) is 3.20. The van der Waals surface area contributed by atoms with E-state index in [-0.39, 0.29) is 0 Å². The fourth-order valence-electron chi connectivity index (χ4n) is 1.12. The SMILES string of the molecule is CCCC(C)(N)CC(F)(F)F. The lowest BCUT2D eigenvalue weighted by atomic mass is 9.93. The van der Waals surface area contributed by atoms with Crippen LogP contribution in [0, 0.1) is 0 Å². The van der Waals surface area contributed by atoms with E-state index in [1.54, 1.807) is 0 Å². The average Bonchev–Trinajstić information content (AvgIpc) is 1.55. The molecule has 68 valence electrons. The molecule has 1 nitrogen and oxygen atoms in total. The van der Waals surface area contributed by atoms with Gasteiger partial charge in [0.2, 0.25) is 0 Å². The fourth-order valence-corrected chi connectivity index (χ4v) is 1.12. The van der Waals surface area contributed by atoms with Gasteiger partial charge in [0, 0.05) is 5.54 Å². The van der Waals surface area contributed by atoms with Crippen molar-refractivity contribution in [1.82, 2.24) is 0 Å². The quantitative estimate of drug-likeness (QED) is 0.690. The number of hydrogen-bond acceptors (Lipinski definition) is 1. The summed E-state index contributed by atoms with van der Waals surface area (Å²) in [4.78, 5) is 0. The van der Waals surface area contributed by atoms with Gasteiger partial charge in [0.25, 0.3) is 0 Å². The second-order valence-corrected chi connectivity index (χ2v) is 3.20. The average molecular weight is 169 g/mol. The van der Waals surface area contributed by atoms with Gasteiger partial charge in [0.1, 0.15) is 0 Å². The van der Waals surface area contributed by atoms with E-state index in [9.17, 15) is 13.2 Å². The molecule has 0 amide bonds. The van der Waals surface area contributed by atoms with Crippen LogP contribution in [0.25, 0.3) is 0 Å². The highest BCUT2D eigenvalue weighted by Crippen LogP contribution is 2.28. The van der Waals surface area contributed by atoms with Gasteiger partial charge in [0.15, 0.2) is 0 Å². The zero-order valence-corrected chi connectivity index (χ0v) is 6.83. The van der Waals surface area contributed by atoms with Gasteiger partial charge in [-0.1, -0.05) is 13.3 Å². The summed E-state index contributed by atoms with van der Waals surface area (Å²) in [5, 5.41) is 0. The summed E-state index contributed by atoms with van der Waals surface area (Å²) in [6.07, 6.45) is -3.94. The van der Waals surface area contributed by atoms with Crippen molar-refractivity contribution in [3.05, 3.63) is 0 Å². The van der Waals surface area contributed by atoms with Gasteiger partial charge in [0.05, 0.1) is 6.42 Å². The summed E-state index contributed by atoms with van der Waals surface area (Å²) >= 11 is 0. The summed E-state index contributed by atoms with van der Waals surface area (Å²) in [6.45, 7) is 3.26. The fraction of sp³-hybridized carbons (Fsp3) is 1.00. The number of nitrogens with two attached hydrogens (primary N) is 1. The van der Waals surface area contributed by atoms with E-state index in [2.05, 4.69) is 0 Å². The van der Waals surface area contributed by atoms with Crippen molar-refractivity contribution >= 4 is 0 Å². The van der Waals surface area contributed by atoms with Crippen molar-refractivity contribution in [2.24, 2.45) is 5.73 Å². The summed E-state index contributed by atoms with van der Waals surface area (Å²) in [5.74, 6) is 0. The minimum absolute atomic E-state index is 0.409. The molecule has 0 aliphatic rings. The molecule has 1 atom stereocenters. The molecule has 4 heteroatoms. The normalized spacial score (nSPS) is 18.0. The molecule has 0 aromatic carbocycles. The Morgan fingerprint density at radius 1 is 1.27 bits per heavy atom. The molecule has 0 rings (SSSR count). The van der Waals surface area contributed by atoms with Gasteiger partial charge in [-0.3, -0.25) is 0 Å². The first-order valence-corrected chi connectivity index (χ1v) is 3.62. The van der Waals surface area contributed by atoms with Crippen LogP contribution >= 0.6 is 0 Å². The molecule has 0 radical (unpaired) electrons. The summed E-state index contributed by atoms with van der Waals surface area (Å²) in [5.41, 5.74) is 4.30. The number of alkyl halides is 3. The van der Waals surface area contributed by atoms with Crippen LogP contribution in [0.15, 0.2) is 0 Å². The third kappa shape index (κ3) is 6.16. The number of hydrogen-bond donors (Lipinski definition) is 1. The Morgan fingerprint density at radius 3 is 2.00 bits per heavy atom. The molecule has 2 N–H and O–H groups in total. The van der Waals surface area contributed by atoms with Gasteiger partial charge in [-0.25, -0.2) is 0 Å². The van der Waals surface area contributed by atoms with Gasteiger partial charge in [-0.05, 0) is 13.3 Å². The van der Waals surface area contributed by atoms with Crippen molar-refractivity contribution in [2.75, 3.05) is 0 Å². The van der Waals surface area contributed by atoms with Crippen molar-refractivity contribution in [1.29, 1.82) is 0 Å². The maximum atomic E-state index is 11.8. The van der Waals surface area contributed by atoms with Crippen molar-refractivity contribution in [3.8, 4) is 0 Å². The molecule has 0 aromatic heterocycles. The third-order valence-electron chi connectivity index (χ3n) is 1.43. The molecule has 1 unspecified atom stereocenters. The molecule has 0 spiro atoms. The minimum atomic E-state index is -4.14. The Labute approximate surface area is 64.8 Å². The summed E-state index contributed by atoms with van der Waals surface area (Å²) < 4.78 is 35.4. The molecule has 0 fully saturated rings. The van der Waals surface area contributed by atoms with Crippen molar-refractivity contribution in [2.45, 2.75) is 44.8 Å². The molecule has 0 aromatic rings. The van der Waals surface area contributed by atoms with E-state index >= 15 is 0 Å². The number of halogens is 3. The lowest BCUT2D eigenvalue weighted by molar-refractivity contribution is -0.146. The standard InChI is InChI=1S/C7H14F3N/c1-3-4-6(2,11)5-7(8,9)10/h3-5,11H2,1-2H3. The Hall–Kier alpha value is -0.250. The Kier molecular flexibility index (Phi) is 3.35. The minimum Gasteiger partial charge on any atom is -0.325 e. The molecule has 0 saturated carbocycles. The highest BCUT2D eigenvalue weighted by molar-refractivity contribution is 4.80. The smallest absolute Gasteiger partial charge is 0.325 e. The molecule has 0 aliphatic carbocycles. The highest BCUT2D eigenvalue weighted by atomic mass is 19.4. The highest BCUT2D eigenvalue weighted by Gasteiger charge is 2.36. The van der Waals surface area contributed by atoms with Crippen LogP contribution in [0.3, 0.4) is 0 Å². The Morgan fingerprint density at radius 2 is 1.73 bits per heavy atom. The zero-order chi connectivity index (χ0) is 9.12. The molecular weight excluding hydrogens is 155 g/mol. The zero-order valence-electron chi connectivity index (χ0n) is 6.83. The van der Waals surface area contributed by atoms with Crippen LogP contribution in [0.1, 0.15) is 33.1 Å². The third-order valence-corrected chi connectivity index (χ3v) is 1.43. The Bertz CT molecular complexity index is 117. The van der Waals surface area contributed by atoms with Gasteiger partial charge >= 0.3 is 6.18 Å². The molecule has 11 heavy (non-hydrogen) atoms. The van der Waals surface area contributed by atoms with E-state index in [4.69, 9.17) is 5.73 Å². The summed E-state index contributed by atoms with van der Waals surface area (Å²) in [7, 11) is 0. The monoisotopic (exact) mass is 169 g/mol. The first-order chi connectivity index (χ1) is 4.77. The van der Waals surface area contributed by atoms with Crippen LogP contribution in [0.5, 0.6) is 0 Å². The van der Waals surface area contributed by atoms with Crippen LogP contribution < -0.4 is 5.73 Å². The van der Waals surface area contributed by atoms with Gasteiger partial charge in [-0.2, -0.15) is 13.2 Å². The van der Waals surface area contributed by atoms with Crippen LogP contribution in [-0.2, 0) is 0 Å². The van der Waals surface area contributed by atoms with E-state index in [1.165, 1.54) is 6.92 Å². The largest absolute Gasteiger partial charge is 0.390 e. The van der Waals surface area contributed by atoms with Crippen LogP contribution in [-0.4, -0.2) is 11.7 Å². The van der Waals surface area contributed by atoms with E-state index in [0.717, 1.165) is 0 Å². The van der Waals surface area contributed by atoms with Crippen molar-refractivity contribution < 1.29 is 13.2 Å². The predicted octanol–water partition coefficient (Wildman–Crippen LogP) is 2.46. The topological polar surface area (TPSA) is 26.0 Å². The molecular formula is C7H14F3N. The Balaban J connectivity index is 3.91. The summed E-state index contributed by atoms with van der Waals surface area (Å²) in [6, 6.07) is 0. The number of rotatable bonds is 3. The first-order valence-electron chi connectivity index (χ1n) is 3.62. The van der Waals surface area contributed by atoms with Crippen LogP contribution in [0.2, 0.25) is 0 Å². The first kappa shape index (κ1) is 10.8. The van der Waals surface area contributed by atoms with Gasteiger partial charge < -0.3 is 5.73 Å².